The second-order valence-corrected chi connectivity index (χ2v) is 15.3. The van der Waals surface area contributed by atoms with Crippen molar-refractivity contribution < 1.29 is 34.8 Å². The molecule has 1 aromatic carbocycles. The van der Waals surface area contributed by atoms with Crippen molar-refractivity contribution in [2.24, 2.45) is 34.5 Å². The fraction of sp³-hybridized carbons (Fsp3) is 0.649. The molecule has 7 nitrogen and oxygen atoms in total. The Bertz CT molecular complexity index is 1460. The summed E-state index contributed by atoms with van der Waals surface area (Å²) in [5.74, 6) is -3.59. The van der Waals surface area contributed by atoms with Crippen molar-refractivity contribution in [3.63, 3.8) is 0 Å². The number of aliphatic hydroxyl groups is 3. The van der Waals surface area contributed by atoms with Crippen LogP contribution in [0.3, 0.4) is 0 Å². The first-order valence-corrected chi connectivity index (χ1v) is 16.6. The Labute approximate surface area is 261 Å². The zero-order chi connectivity index (χ0) is 32.5. The maximum absolute atomic E-state index is 14.6. The number of Topliss-reactive ketones (excluding diaryl/α,β-unsaturated/α-hetero) is 3. The number of fused-ring (bicyclic) bond motifs is 3. The van der Waals surface area contributed by atoms with Crippen LogP contribution in [-0.4, -0.2) is 43.4 Å². The number of hydrogen-bond acceptors (Lipinski definition) is 7. The smallest absolute Gasteiger partial charge is 0.203 e. The van der Waals surface area contributed by atoms with Gasteiger partial charge < -0.3 is 20.4 Å². The average molecular weight is 607 g/mol. The van der Waals surface area contributed by atoms with Gasteiger partial charge in [0.15, 0.2) is 17.2 Å². The van der Waals surface area contributed by atoms with Crippen molar-refractivity contribution in [3.05, 3.63) is 45.7 Å². The van der Waals surface area contributed by atoms with Crippen molar-refractivity contribution in [2.75, 3.05) is 0 Å². The molecule has 0 aliphatic heterocycles. The van der Waals surface area contributed by atoms with Gasteiger partial charge in [-0.1, -0.05) is 79.4 Å². The Balaban J connectivity index is 1.69. The van der Waals surface area contributed by atoms with E-state index in [9.17, 15) is 34.8 Å². The van der Waals surface area contributed by atoms with Crippen molar-refractivity contribution >= 4 is 23.1 Å². The van der Waals surface area contributed by atoms with Crippen LogP contribution in [0.15, 0.2) is 29.0 Å². The minimum atomic E-state index is -2.59. The number of phenols is 1. The van der Waals surface area contributed by atoms with Gasteiger partial charge in [0.1, 0.15) is 22.8 Å². The van der Waals surface area contributed by atoms with Crippen LogP contribution in [0.5, 0.6) is 5.75 Å². The summed E-state index contributed by atoms with van der Waals surface area (Å²) in [5.41, 5.74) is -3.95. The van der Waals surface area contributed by atoms with Gasteiger partial charge in [0.25, 0.3) is 0 Å². The quantitative estimate of drug-likeness (QED) is 0.240. The van der Waals surface area contributed by atoms with Crippen LogP contribution in [0.4, 0.5) is 0 Å². The monoisotopic (exact) mass is 606 g/mol. The van der Waals surface area contributed by atoms with Crippen LogP contribution in [0.1, 0.15) is 122 Å². The summed E-state index contributed by atoms with van der Waals surface area (Å²) < 4.78 is 0. The molecule has 4 aliphatic rings. The van der Waals surface area contributed by atoms with Crippen LogP contribution in [0, 0.1) is 34.5 Å². The lowest BCUT2D eigenvalue weighted by Gasteiger charge is -2.59. The molecule has 2 fully saturated rings. The van der Waals surface area contributed by atoms with Crippen LogP contribution >= 0.6 is 0 Å². The molecule has 0 bridgehead atoms. The number of rotatable bonds is 7. The van der Waals surface area contributed by atoms with E-state index in [1.807, 2.05) is 32.9 Å². The predicted octanol–water partition coefficient (Wildman–Crippen LogP) is 7.29. The maximum Gasteiger partial charge on any atom is 0.203 e. The molecule has 5 rings (SSSR count). The van der Waals surface area contributed by atoms with Crippen molar-refractivity contribution in [2.45, 2.75) is 118 Å². The molecule has 0 heterocycles. The van der Waals surface area contributed by atoms with Gasteiger partial charge in [0, 0.05) is 22.3 Å². The van der Waals surface area contributed by atoms with Gasteiger partial charge in [-0.05, 0) is 73.8 Å². The molecule has 2 unspecified atom stereocenters. The molecule has 0 radical (unpaired) electrons. The molecule has 0 amide bonds. The number of allylic oxidation sites excluding steroid dienone is 1. The van der Waals surface area contributed by atoms with Crippen molar-refractivity contribution in [1.29, 1.82) is 0 Å². The summed E-state index contributed by atoms with van der Waals surface area (Å²) in [6, 6.07) is 3.95. The lowest BCUT2D eigenvalue weighted by atomic mass is 9.43. The number of phenolic OH excluding ortho intramolecular Hbond substituents is 1. The van der Waals surface area contributed by atoms with Gasteiger partial charge in [-0.2, -0.15) is 0 Å². The summed E-state index contributed by atoms with van der Waals surface area (Å²) >= 11 is 0. The van der Waals surface area contributed by atoms with Crippen molar-refractivity contribution in [3.8, 4) is 5.75 Å². The molecule has 2 saturated carbocycles. The molecule has 4 N–H and O–H groups in total. The van der Waals surface area contributed by atoms with Gasteiger partial charge in [-0.15, -0.1) is 0 Å². The lowest BCUT2D eigenvalue weighted by Crippen LogP contribution is -2.69. The van der Waals surface area contributed by atoms with Crippen LogP contribution in [0.25, 0.3) is 5.76 Å². The van der Waals surface area contributed by atoms with Crippen LogP contribution < -0.4 is 0 Å². The lowest BCUT2D eigenvalue weighted by molar-refractivity contribution is -0.178. The average Bonchev–Trinajstić information content (AvgIpc) is 2.92. The number of hydrogen-bond donors (Lipinski definition) is 4. The van der Waals surface area contributed by atoms with Crippen LogP contribution in [0.2, 0.25) is 0 Å². The molecule has 0 saturated heterocycles. The minimum absolute atomic E-state index is 0.0227. The van der Waals surface area contributed by atoms with E-state index in [0.29, 0.717) is 23.8 Å². The van der Waals surface area contributed by atoms with E-state index in [-0.39, 0.29) is 35.1 Å². The molecule has 240 valence electrons. The summed E-state index contributed by atoms with van der Waals surface area (Å²) in [7, 11) is 0. The van der Waals surface area contributed by atoms with Gasteiger partial charge in [-0.25, -0.2) is 0 Å². The number of ketones is 3. The summed E-state index contributed by atoms with van der Waals surface area (Å²) in [6.07, 6.45) is 7.85. The normalized spacial score (nSPS) is 34.5. The zero-order valence-electron chi connectivity index (χ0n) is 27.4. The summed E-state index contributed by atoms with van der Waals surface area (Å²) in [5, 5.41) is 47.5. The summed E-state index contributed by atoms with van der Waals surface area (Å²) in [6.45, 7) is 12.7. The highest BCUT2D eigenvalue weighted by Crippen LogP contribution is 2.65. The Morgan fingerprint density at radius 2 is 1.68 bits per heavy atom. The highest BCUT2D eigenvalue weighted by atomic mass is 16.3. The highest BCUT2D eigenvalue weighted by Gasteiger charge is 2.72. The van der Waals surface area contributed by atoms with E-state index < -0.39 is 56.8 Å². The Kier molecular flexibility index (Phi) is 8.23. The van der Waals surface area contributed by atoms with Gasteiger partial charge >= 0.3 is 0 Å². The third kappa shape index (κ3) is 4.51. The molecular weight excluding hydrogens is 556 g/mol. The van der Waals surface area contributed by atoms with Gasteiger partial charge in [0.05, 0.1) is 5.56 Å². The molecule has 4 aliphatic carbocycles. The minimum Gasteiger partial charge on any atom is -0.508 e. The SMILES string of the molecule is CCCCC(c1ccc2c(c1O)C(O)=C1C(=O)[C@@]3(O)C(O)=C(C(C)=O)C(=O)C(C(C)C)[C@@]3(C)C[C@@]1(C)C2)C1CCC(C)CC1. The molecule has 0 aromatic heterocycles. The van der Waals surface area contributed by atoms with E-state index in [2.05, 4.69) is 13.8 Å². The molecule has 7 heteroatoms. The fourth-order valence-corrected chi connectivity index (χ4v) is 9.78. The zero-order valence-corrected chi connectivity index (χ0v) is 27.4. The van der Waals surface area contributed by atoms with E-state index in [0.717, 1.165) is 57.4 Å². The molecule has 44 heavy (non-hydrogen) atoms. The van der Waals surface area contributed by atoms with Gasteiger partial charge in [-0.3, -0.25) is 14.4 Å². The first-order chi connectivity index (χ1) is 20.5. The standard InChI is InChI=1S/C37H50O7/c1-8-9-10-24(22-13-11-20(4)12-14-22)25-16-15-23-17-35(6)18-36(7)28(19(2)3)31(40)26(21(5)38)33(42)37(36,44)34(43)29(35)32(41)27(23)30(25)39/h15-16,19-20,22,24,28,39,41-42,44H,8-14,17-18H2,1-7H3/t20?,22?,24?,28?,35-,36-,37+/m1/s1. The van der Waals surface area contributed by atoms with E-state index in [1.165, 1.54) is 0 Å². The van der Waals surface area contributed by atoms with E-state index >= 15 is 0 Å². The molecule has 0 spiro atoms. The third-order valence-corrected chi connectivity index (χ3v) is 11.8. The second-order valence-electron chi connectivity index (χ2n) is 15.3. The third-order valence-electron chi connectivity index (χ3n) is 11.8. The van der Waals surface area contributed by atoms with Crippen molar-refractivity contribution in [1.82, 2.24) is 0 Å². The van der Waals surface area contributed by atoms with Crippen LogP contribution in [-0.2, 0) is 20.8 Å². The van der Waals surface area contributed by atoms with E-state index in [4.69, 9.17) is 0 Å². The predicted molar refractivity (Wildman–Crippen MR) is 169 cm³/mol. The number of carbonyl (C=O) groups is 3. The highest BCUT2D eigenvalue weighted by molar-refractivity contribution is 6.24. The topological polar surface area (TPSA) is 132 Å². The maximum atomic E-state index is 14.6. The number of carbonyl (C=O) groups excluding carboxylic acids is 3. The van der Waals surface area contributed by atoms with Gasteiger partial charge in [0.2, 0.25) is 5.78 Å². The number of unbranched alkanes of at least 4 members (excludes halogenated alkanes) is 1. The second kappa shape index (κ2) is 11.1. The Hall–Kier alpha value is -2.93. The molecule has 5 atom stereocenters. The molecular formula is C37H50O7. The summed E-state index contributed by atoms with van der Waals surface area (Å²) in [4.78, 5) is 40.9. The first-order valence-electron chi connectivity index (χ1n) is 16.6. The van der Waals surface area contributed by atoms with E-state index in [1.54, 1.807) is 6.92 Å². The molecule has 1 aromatic rings. The Morgan fingerprint density at radius 1 is 1.05 bits per heavy atom. The first kappa shape index (κ1) is 32.5. The Morgan fingerprint density at radius 3 is 2.25 bits per heavy atom. The number of aromatic hydroxyl groups is 1. The largest absolute Gasteiger partial charge is 0.508 e. The fourth-order valence-electron chi connectivity index (χ4n) is 9.78. The number of benzene rings is 1. The number of aliphatic hydroxyl groups excluding tert-OH is 2.